The van der Waals surface area contributed by atoms with E-state index in [0.29, 0.717) is 24.1 Å². The average Bonchev–Trinajstić information content (AvgIpc) is 3.40. The largest absolute Gasteiger partial charge is 0.370 e. The van der Waals surface area contributed by atoms with Crippen LogP contribution < -0.4 is 5.32 Å². The number of imidazole rings is 1. The first-order valence-electron chi connectivity index (χ1n) is 9.97. The van der Waals surface area contributed by atoms with Crippen molar-refractivity contribution in [1.82, 2.24) is 20.2 Å². The molecular formula is C21H25ClN4O2. The number of fused-ring (bicyclic) bond motifs is 1. The third-order valence-corrected chi connectivity index (χ3v) is 6.93. The highest BCUT2D eigenvalue weighted by atomic mass is 35.5. The van der Waals surface area contributed by atoms with Gasteiger partial charge in [-0.25, -0.2) is 4.98 Å². The van der Waals surface area contributed by atoms with Crippen molar-refractivity contribution in [2.45, 2.75) is 38.0 Å². The van der Waals surface area contributed by atoms with Gasteiger partial charge in [-0.15, -0.1) is 0 Å². The van der Waals surface area contributed by atoms with Crippen LogP contribution in [0.5, 0.6) is 0 Å². The summed E-state index contributed by atoms with van der Waals surface area (Å²) in [7, 11) is 0. The number of ether oxygens (including phenoxy) is 1. The van der Waals surface area contributed by atoms with Crippen LogP contribution in [0.2, 0.25) is 5.02 Å². The summed E-state index contributed by atoms with van der Waals surface area (Å²) < 4.78 is 6.49. The zero-order valence-electron chi connectivity index (χ0n) is 16.0. The fraction of sp³-hybridized carbons (Fsp3) is 0.524. The number of aromatic amines is 1. The molecule has 1 aromatic carbocycles. The molecule has 2 aromatic rings. The minimum Gasteiger partial charge on any atom is -0.370 e. The maximum Gasteiger partial charge on any atom is 0.271 e. The van der Waals surface area contributed by atoms with E-state index in [1.54, 1.807) is 6.33 Å². The van der Waals surface area contributed by atoms with Gasteiger partial charge in [0.05, 0.1) is 18.0 Å². The molecule has 5 rings (SSSR count). The van der Waals surface area contributed by atoms with E-state index in [2.05, 4.69) is 26.3 Å². The number of halogens is 1. The van der Waals surface area contributed by atoms with Crippen molar-refractivity contribution in [3.8, 4) is 0 Å². The van der Waals surface area contributed by atoms with Gasteiger partial charge in [0, 0.05) is 48.7 Å². The fourth-order valence-electron chi connectivity index (χ4n) is 5.46. The van der Waals surface area contributed by atoms with Crippen molar-refractivity contribution < 1.29 is 9.53 Å². The van der Waals surface area contributed by atoms with E-state index in [-0.39, 0.29) is 17.6 Å². The van der Waals surface area contributed by atoms with Crippen molar-refractivity contribution in [3.05, 3.63) is 52.6 Å². The number of rotatable bonds is 5. The molecular weight excluding hydrogens is 376 g/mol. The molecule has 1 aromatic heterocycles. The highest BCUT2D eigenvalue weighted by molar-refractivity contribution is 6.30. The van der Waals surface area contributed by atoms with E-state index in [4.69, 9.17) is 16.3 Å². The molecule has 3 saturated heterocycles. The summed E-state index contributed by atoms with van der Waals surface area (Å²) in [6.45, 7) is 5.36. The van der Waals surface area contributed by atoms with E-state index in [1.165, 1.54) is 5.56 Å². The first-order valence-corrected chi connectivity index (χ1v) is 10.3. The second-order valence-corrected chi connectivity index (χ2v) is 8.85. The number of H-pyrrole nitrogens is 1. The first kappa shape index (κ1) is 18.2. The molecule has 3 aliphatic rings. The number of benzene rings is 1. The molecule has 0 radical (unpaired) electrons. The number of aromatic nitrogens is 2. The molecule has 148 valence electrons. The monoisotopic (exact) mass is 400 g/mol. The summed E-state index contributed by atoms with van der Waals surface area (Å²) in [5, 5.41) is 3.88. The van der Waals surface area contributed by atoms with Crippen LogP contribution in [0, 0.1) is 18.8 Å². The lowest BCUT2D eigenvalue weighted by Crippen LogP contribution is -2.42. The maximum absolute atomic E-state index is 12.5. The normalized spacial score (nSPS) is 31.3. The number of hydrogen-bond donors (Lipinski definition) is 2. The Bertz CT molecular complexity index is 900. The van der Waals surface area contributed by atoms with Crippen molar-refractivity contribution >= 4 is 17.5 Å². The van der Waals surface area contributed by atoms with Crippen LogP contribution in [0.15, 0.2) is 30.6 Å². The number of likely N-dealkylation sites (tertiary alicyclic amines) is 1. The standard InChI is InChI=1S/C21H25ClN4O2/c1-13-19(25-12-24-13)20(27)23-8-16-17-10-26(9-14-3-2-4-15(22)7-14)11-21(17)6-5-18(16)28-21/h2-4,7,12,16-18H,5-6,8-11H2,1H3,(H,23,27)(H,24,25)/t16-,17+,18+,21+/m0/s1. The second kappa shape index (κ2) is 6.87. The van der Waals surface area contributed by atoms with Crippen LogP contribution in [0.25, 0.3) is 0 Å². The molecule has 0 unspecified atom stereocenters. The van der Waals surface area contributed by atoms with Crippen LogP contribution in [0.3, 0.4) is 0 Å². The average molecular weight is 401 g/mol. The van der Waals surface area contributed by atoms with E-state index in [0.717, 1.165) is 43.2 Å². The van der Waals surface area contributed by atoms with Gasteiger partial charge in [0.15, 0.2) is 0 Å². The molecule has 28 heavy (non-hydrogen) atoms. The molecule has 4 atom stereocenters. The van der Waals surface area contributed by atoms with Crippen LogP contribution in [0.1, 0.15) is 34.6 Å². The van der Waals surface area contributed by atoms with Gasteiger partial charge in [-0.3, -0.25) is 9.69 Å². The molecule has 1 spiro atoms. The smallest absolute Gasteiger partial charge is 0.271 e. The maximum atomic E-state index is 12.5. The number of amides is 1. The Morgan fingerprint density at radius 2 is 2.39 bits per heavy atom. The summed E-state index contributed by atoms with van der Waals surface area (Å²) in [5.74, 6) is 0.719. The third kappa shape index (κ3) is 3.04. The molecule has 0 saturated carbocycles. The van der Waals surface area contributed by atoms with E-state index >= 15 is 0 Å². The van der Waals surface area contributed by atoms with E-state index in [9.17, 15) is 4.79 Å². The van der Waals surface area contributed by atoms with Crippen molar-refractivity contribution in [2.75, 3.05) is 19.6 Å². The lowest BCUT2D eigenvalue weighted by Gasteiger charge is -2.29. The summed E-state index contributed by atoms with van der Waals surface area (Å²) in [6, 6.07) is 8.08. The molecule has 6 nitrogen and oxygen atoms in total. The summed E-state index contributed by atoms with van der Waals surface area (Å²) in [4.78, 5) is 22.0. The van der Waals surface area contributed by atoms with Gasteiger partial charge in [-0.05, 0) is 37.5 Å². The Morgan fingerprint density at radius 3 is 3.18 bits per heavy atom. The molecule has 7 heteroatoms. The molecule has 2 bridgehead atoms. The topological polar surface area (TPSA) is 70.2 Å². The van der Waals surface area contributed by atoms with Gasteiger partial charge in [-0.1, -0.05) is 23.7 Å². The third-order valence-electron chi connectivity index (χ3n) is 6.69. The SMILES string of the molecule is Cc1[nH]cnc1C(=O)NC[C@H]1[C@H]2CN(Cc3cccc(Cl)c3)C[C@]23CC[C@H]1O3. The van der Waals surface area contributed by atoms with Crippen LogP contribution in [-0.4, -0.2) is 52.1 Å². The molecule has 3 aliphatic heterocycles. The summed E-state index contributed by atoms with van der Waals surface area (Å²) in [5.41, 5.74) is 2.47. The van der Waals surface area contributed by atoms with Crippen molar-refractivity contribution in [2.24, 2.45) is 11.8 Å². The number of nitrogens with one attached hydrogen (secondary N) is 2. The number of aryl methyl sites for hydroxylation is 1. The van der Waals surface area contributed by atoms with Gasteiger partial charge >= 0.3 is 0 Å². The van der Waals surface area contributed by atoms with E-state index < -0.39 is 0 Å². The summed E-state index contributed by atoms with van der Waals surface area (Å²) >= 11 is 6.14. The van der Waals surface area contributed by atoms with E-state index in [1.807, 2.05) is 25.1 Å². The lowest BCUT2D eigenvalue weighted by molar-refractivity contribution is 0.00212. The van der Waals surface area contributed by atoms with Gasteiger partial charge in [0.1, 0.15) is 5.69 Å². The van der Waals surface area contributed by atoms with Crippen LogP contribution in [-0.2, 0) is 11.3 Å². The number of nitrogens with zero attached hydrogens (tertiary/aromatic N) is 2. The Morgan fingerprint density at radius 1 is 1.50 bits per heavy atom. The Kier molecular flexibility index (Phi) is 4.45. The number of carbonyl (C=O) groups excluding carboxylic acids is 1. The highest BCUT2D eigenvalue weighted by Gasteiger charge is 2.62. The lowest BCUT2D eigenvalue weighted by atomic mass is 9.73. The summed E-state index contributed by atoms with van der Waals surface area (Å²) in [6.07, 6.45) is 4.03. The first-order chi connectivity index (χ1) is 13.5. The Balaban J connectivity index is 1.26. The quantitative estimate of drug-likeness (QED) is 0.809. The van der Waals surface area contributed by atoms with Crippen LogP contribution >= 0.6 is 11.6 Å². The van der Waals surface area contributed by atoms with Gasteiger partial charge in [0.25, 0.3) is 5.91 Å². The number of carbonyl (C=O) groups is 1. The van der Waals surface area contributed by atoms with Gasteiger partial charge in [-0.2, -0.15) is 0 Å². The van der Waals surface area contributed by atoms with Crippen molar-refractivity contribution in [1.29, 1.82) is 0 Å². The zero-order valence-corrected chi connectivity index (χ0v) is 16.7. The van der Waals surface area contributed by atoms with Gasteiger partial charge < -0.3 is 15.0 Å². The molecule has 4 heterocycles. The fourth-order valence-corrected chi connectivity index (χ4v) is 5.67. The number of hydrogen-bond acceptors (Lipinski definition) is 4. The molecule has 3 fully saturated rings. The van der Waals surface area contributed by atoms with Crippen LogP contribution in [0.4, 0.5) is 0 Å². The Labute approximate surface area is 169 Å². The highest BCUT2D eigenvalue weighted by Crippen LogP contribution is 2.54. The minimum absolute atomic E-state index is 0.0408. The molecule has 1 amide bonds. The molecule has 2 N–H and O–H groups in total. The predicted octanol–water partition coefficient (Wildman–Crippen LogP) is 2.78. The minimum atomic E-state index is -0.107. The predicted molar refractivity (Wildman–Crippen MR) is 106 cm³/mol. The molecule has 0 aliphatic carbocycles. The van der Waals surface area contributed by atoms with Crippen molar-refractivity contribution in [3.63, 3.8) is 0 Å². The van der Waals surface area contributed by atoms with Gasteiger partial charge in [0.2, 0.25) is 0 Å². The Hall–Kier alpha value is -1.89. The zero-order chi connectivity index (χ0) is 19.3. The second-order valence-electron chi connectivity index (χ2n) is 8.42.